The fraction of sp³-hybridized carbons (Fsp3) is 0.412. The van der Waals surface area contributed by atoms with E-state index in [1.807, 2.05) is 0 Å². The monoisotopic (exact) mass is 282 g/mol. The molecule has 0 atom stereocenters. The maximum Gasteiger partial charge on any atom is 0.103 e. The zero-order valence-electron chi connectivity index (χ0n) is 12.7. The summed E-state index contributed by atoms with van der Waals surface area (Å²) in [6.07, 6.45) is 4.85. The molecule has 1 aromatic heterocycles. The van der Waals surface area contributed by atoms with Gasteiger partial charge in [0.15, 0.2) is 0 Å². The highest BCUT2D eigenvalue weighted by atomic mass is 14.9. The summed E-state index contributed by atoms with van der Waals surface area (Å²) in [6, 6.07) is 6.42. The first kappa shape index (κ1) is 15.3. The standard InChI is InChI=1S/C17H22N4/c1-12-8-15-16(9-13(12)2)21-11-14(10-19)17(15)20-7-5-3-4-6-18/h8-9,11H,3-7,18H2,1-2H3,(H,20,21). The molecule has 0 aliphatic heterocycles. The van der Waals surface area contributed by atoms with Crippen LogP contribution in [0.3, 0.4) is 0 Å². The summed E-state index contributed by atoms with van der Waals surface area (Å²) in [5, 5.41) is 13.7. The van der Waals surface area contributed by atoms with Gasteiger partial charge in [0.2, 0.25) is 0 Å². The van der Waals surface area contributed by atoms with Crippen molar-refractivity contribution in [2.75, 3.05) is 18.4 Å². The number of nitriles is 1. The number of hydrogen-bond donors (Lipinski definition) is 2. The zero-order valence-corrected chi connectivity index (χ0v) is 12.7. The van der Waals surface area contributed by atoms with Gasteiger partial charge in [0.05, 0.1) is 16.8 Å². The Morgan fingerprint density at radius 1 is 1.19 bits per heavy atom. The highest BCUT2D eigenvalue weighted by molar-refractivity contribution is 5.94. The van der Waals surface area contributed by atoms with Gasteiger partial charge in [-0.15, -0.1) is 0 Å². The molecule has 0 amide bonds. The van der Waals surface area contributed by atoms with Gasteiger partial charge in [-0.05, 0) is 56.5 Å². The van der Waals surface area contributed by atoms with Gasteiger partial charge in [-0.25, -0.2) is 0 Å². The van der Waals surface area contributed by atoms with Gasteiger partial charge in [-0.1, -0.05) is 6.42 Å². The largest absolute Gasteiger partial charge is 0.383 e. The van der Waals surface area contributed by atoms with E-state index in [4.69, 9.17) is 5.73 Å². The van der Waals surface area contributed by atoms with Crippen LogP contribution < -0.4 is 11.1 Å². The Kier molecular flexibility index (Phi) is 5.13. The first-order chi connectivity index (χ1) is 10.2. The number of hydrogen-bond acceptors (Lipinski definition) is 4. The molecule has 0 unspecified atom stereocenters. The van der Waals surface area contributed by atoms with Gasteiger partial charge in [-0.3, -0.25) is 4.98 Å². The number of fused-ring (bicyclic) bond motifs is 1. The van der Waals surface area contributed by atoms with Crippen LogP contribution in [-0.4, -0.2) is 18.1 Å². The second-order valence-corrected chi connectivity index (χ2v) is 5.39. The molecule has 1 aromatic carbocycles. The molecular weight excluding hydrogens is 260 g/mol. The van der Waals surface area contributed by atoms with Crippen molar-refractivity contribution in [1.29, 1.82) is 5.26 Å². The minimum atomic E-state index is 0.601. The molecule has 4 nitrogen and oxygen atoms in total. The Hall–Kier alpha value is -2.12. The van der Waals surface area contributed by atoms with Gasteiger partial charge >= 0.3 is 0 Å². The third kappa shape index (κ3) is 3.50. The molecular formula is C17H22N4. The van der Waals surface area contributed by atoms with E-state index in [1.165, 1.54) is 11.1 Å². The number of pyridine rings is 1. The Bertz CT molecular complexity index is 671. The molecule has 110 valence electrons. The van der Waals surface area contributed by atoms with Gasteiger partial charge in [0, 0.05) is 18.1 Å². The van der Waals surface area contributed by atoms with Crippen LogP contribution in [0, 0.1) is 25.2 Å². The number of anilines is 1. The van der Waals surface area contributed by atoms with Crippen molar-refractivity contribution in [2.24, 2.45) is 5.73 Å². The van der Waals surface area contributed by atoms with Gasteiger partial charge < -0.3 is 11.1 Å². The quantitative estimate of drug-likeness (QED) is 0.797. The maximum atomic E-state index is 9.30. The Morgan fingerprint density at radius 2 is 1.95 bits per heavy atom. The number of rotatable bonds is 6. The Morgan fingerprint density at radius 3 is 2.67 bits per heavy atom. The van der Waals surface area contributed by atoms with Crippen LogP contribution in [-0.2, 0) is 0 Å². The minimum absolute atomic E-state index is 0.601. The maximum absolute atomic E-state index is 9.30. The number of unbranched alkanes of at least 4 members (excludes halogenated alkanes) is 2. The number of aryl methyl sites for hydroxylation is 2. The third-order valence-electron chi connectivity index (χ3n) is 3.79. The molecule has 0 bridgehead atoms. The lowest BCUT2D eigenvalue weighted by molar-refractivity contribution is 0.707. The third-order valence-corrected chi connectivity index (χ3v) is 3.79. The van der Waals surface area contributed by atoms with Crippen LogP contribution in [0.15, 0.2) is 18.3 Å². The summed E-state index contributed by atoms with van der Waals surface area (Å²) in [4.78, 5) is 4.39. The number of aromatic nitrogens is 1. The van der Waals surface area contributed by atoms with Gasteiger partial charge in [0.25, 0.3) is 0 Å². The lowest BCUT2D eigenvalue weighted by atomic mass is 10.0. The second kappa shape index (κ2) is 7.05. The van der Waals surface area contributed by atoms with Gasteiger partial charge in [0.1, 0.15) is 6.07 Å². The Labute approximate surface area is 126 Å². The number of nitrogens with zero attached hydrogens (tertiary/aromatic N) is 2. The van der Waals surface area contributed by atoms with Crippen molar-refractivity contribution in [2.45, 2.75) is 33.1 Å². The van der Waals surface area contributed by atoms with E-state index < -0.39 is 0 Å². The van der Waals surface area contributed by atoms with E-state index in [-0.39, 0.29) is 0 Å². The molecule has 4 heteroatoms. The highest BCUT2D eigenvalue weighted by Gasteiger charge is 2.09. The molecule has 0 aliphatic rings. The summed E-state index contributed by atoms with van der Waals surface area (Å²) < 4.78 is 0. The molecule has 0 saturated carbocycles. The van der Waals surface area contributed by atoms with E-state index in [0.717, 1.165) is 48.9 Å². The predicted molar refractivity (Wildman–Crippen MR) is 87.3 cm³/mol. The fourth-order valence-electron chi connectivity index (χ4n) is 2.39. The molecule has 2 aromatic rings. The van der Waals surface area contributed by atoms with Crippen LogP contribution >= 0.6 is 0 Å². The second-order valence-electron chi connectivity index (χ2n) is 5.39. The average molecular weight is 282 g/mol. The topological polar surface area (TPSA) is 74.7 Å². The lowest BCUT2D eigenvalue weighted by Gasteiger charge is -2.13. The SMILES string of the molecule is Cc1cc2ncc(C#N)c(NCCCCCN)c2cc1C. The molecule has 0 saturated heterocycles. The zero-order chi connectivity index (χ0) is 15.2. The van der Waals surface area contributed by atoms with E-state index in [0.29, 0.717) is 5.56 Å². The van der Waals surface area contributed by atoms with Crippen LogP contribution in [0.5, 0.6) is 0 Å². The molecule has 2 rings (SSSR count). The summed E-state index contributed by atoms with van der Waals surface area (Å²) in [6.45, 7) is 5.74. The smallest absolute Gasteiger partial charge is 0.103 e. The first-order valence-electron chi connectivity index (χ1n) is 7.41. The number of nitrogens with two attached hydrogens (primary N) is 1. The van der Waals surface area contributed by atoms with Crippen LogP contribution in [0.4, 0.5) is 5.69 Å². The molecule has 0 spiro atoms. The summed E-state index contributed by atoms with van der Waals surface area (Å²) in [7, 11) is 0. The molecule has 0 fully saturated rings. The van der Waals surface area contributed by atoms with E-state index in [9.17, 15) is 5.26 Å². The van der Waals surface area contributed by atoms with Crippen LogP contribution in [0.1, 0.15) is 36.0 Å². The van der Waals surface area contributed by atoms with Crippen LogP contribution in [0.2, 0.25) is 0 Å². The first-order valence-corrected chi connectivity index (χ1v) is 7.41. The molecule has 1 heterocycles. The lowest BCUT2D eigenvalue weighted by Crippen LogP contribution is -2.06. The van der Waals surface area contributed by atoms with Gasteiger partial charge in [-0.2, -0.15) is 5.26 Å². The average Bonchev–Trinajstić information content (AvgIpc) is 2.48. The number of nitrogens with one attached hydrogen (secondary N) is 1. The highest BCUT2D eigenvalue weighted by Crippen LogP contribution is 2.28. The summed E-state index contributed by atoms with van der Waals surface area (Å²) in [5.41, 5.74) is 10.4. The van der Waals surface area contributed by atoms with Crippen molar-refractivity contribution < 1.29 is 0 Å². The molecule has 0 radical (unpaired) electrons. The Balaban J connectivity index is 2.30. The molecule has 21 heavy (non-hydrogen) atoms. The van der Waals surface area contributed by atoms with Crippen molar-refractivity contribution >= 4 is 16.6 Å². The fourth-order valence-corrected chi connectivity index (χ4v) is 2.39. The summed E-state index contributed by atoms with van der Waals surface area (Å²) in [5.74, 6) is 0. The molecule has 3 N–H and O–H groups in total. The van der Waals surface area contributed by atoms with Crippen molar-refractivity contribution in [1.82, 2.24) is 4.98 Å². The normalized spacial score (nSPS) is 10.6. The summed E-state index contributed by atoms with van der Waals surface area (Å²) >= 11 is 0. The molecule has 0 aliphatic carbocycles. The van der Waals surface area contributed by atoms with Crippen molar-refractivity contribution in [3.05, 3.63) is 35.0 Å². The van der Waals surface area contributed by atoms with E-state index >= 15 is 0 Å². The van der Waals surface area contributed by atoms with Crippen molar-refractivity contribution in [3.63, 3.8) is 0 Å². The number of benzene rings is 1. The predicted octanol–water partition coefficient (Wildman–Crippen LogP) is 3.26. The van der Waals surface area contributed by atoms with Crippen LogP contribution in [0.25, 0.3) is 10.9 Å². The van der Waals surface area contributed by atoms with E-state index in [2.05, 4.69) is 42.4 Å². The van der Waals surface area contributed by atoms with Crippen molar-refractivity contribution in [3.8, 4) is 6.07 Å². The van der Waals surface area contributed by atoms with E-state index in [1.54, 1.807) is 6.20 Å². The minimum Gasteiger partial charge on any atom is -0.383 e.